The Bertz CT molecular complexity index is 517. The molecule has 20 heavy (non-hydrogen) atoms. The molecule has 1 aromatic rings. The lowest BCUT2D eigenvalue weighted by Crippen LogP contribution is -2.17. The molecule has 1 aromatic carbocycles. The fourth-order valence-corrected chi connectivity index (χ4v) is 2.64. The van der Waals surface area contributed by atoms with Gasteiger partial charge in [-0.3, -0.25) is 4.79 Å². The Balaban J connectivity index is 2.21. The van der Waals surface area contributed by atoms with E-state index in [-0.39, 0.29) is 11.9 Å². The maximum Gasteiger partial charge on any atom is 0.330 e. The molecule has 3 heteroatoms. The zero-order chi connectivity index (χ0) is 14.4. The van der Waals surface area contributed by atoms with E-state index in [1.807, 2.05) is 24.3 Å². The first-order chi connectivity index (χ1) is 9.72. The monoisotopic (exact) mass is 272 g/mol. The second kappa shape index (κ2) is 7.04. The minimum atomic E-state index is -0.350. The van der Waals surface area contributed by atoms with Gasteiger partial charge >= 0.3 is 5.97 Å². The Kier molecular flexibility index (Phi) is 5.10. The van der Waals surface area contributed by atoms with Gasteiger partial charge in [0.25, 0.3) is 0 Å². The van der Waals surface area contributed by atoms with Crippen molar-refractivity contribution in [1.82, 2.24) is 0 Å². The molecule has 0 saturated heterocycles. The first kappa shape index (κ1) is 14.5. The van der Waals surface area contributed by atoms with Crippen molar-refractivity contribution in [2.45, 2.75) is 38.5 Å². The lowest BCUT2D eigenvalue weighted by molar-refractivity contribution is -0.137. The van der Waals surface area contributed by atoms with Crippen molar-refractivity contribution in [3.8, 4) is 0 Å². The summed E-state index contributed by atoms with van der Waals surface area (Å²) in [4.78, 5) is 23.5. The summed E-state index contributed by atoms with van der Waals surface area (Å²) >= 11 is 0. The van der Waals surface area contributed by atoms with Gasteiger partial charge in [0.15, 0.2) is 0 Å². The van der Waals surface area contributed by atoms with Crippen LogP contribution in [0.4, 0.5) is 0 Å². The number of ketones is 1. The topological polar surface area (TPSA) is 43.4 Å². The minimum absolute atomic E-state index is 0.0215. The van der Waals surface area contributed by atoms with Crippen LogP contribution in [0.2, 0.25) is 0 Å². The highest BCUT2D eigenvalue weighted by Gasteiger charge is 2.25. The molecule has 0 bridgehead atoms. The number of esters is 1. The van der Waals surface area contributed by atoms with E-state index in [1.165, 1.54) is 6.08 Å². The normalized spacial score (nSPS) is 19.2. The van der Waals surface area contributed by atoms with Crippen LogP contribution in [0.25, 0.3) is 6.08 Å². The number of carbonyl (C=O) groups excluding carboxylic acids is 2. The number of rotatable bonds is 4. The van der Waals surface area contributed by atoms with Crippen LogP contribution in [-0.2, 0) is 14.3 Å². The van der Waals surface area contributed by atoms with Crippen molar-refractivity contribution in [2.75, 3.05) is 6.61 Å². The van der Waals surface area contributed by atoms with Crippen molar-refractivity contribution >= 4 is 17.8 Å². The minimum Gasteiger partial charge on any atom is -0.463 e. The molecular weight excluding hydrogens is 252 g/mol. The van der Waals surface area contributed by atoms with E-state index in [2.05, 4.69) is 0 Å². The van der Waals surface area contributed by atoms with Crippen molar-refractivity contribution in [3.63, 3.8) is 0 Å². The van der Waals surface area contributed by atoms with Crippen molar-refractivity contribution in [2.24, 2.45) is 0 Å². The van der Waals surface area contributed by atoms with E-state index in [4.69, 9.17) is 4.74 Å². The summed E-state index contributed by atoms with van der Waals surface area (Å²) in [6.07, 6.45) is 6.83. The van der Waals surface area contributed by atoms with Crippen LogP contribution >= 0.6 is 0 Å². The molecule has 1 unspecified atom stereocenters. The molecule has 0 amide bonds. The summed E-state index contributed by atoms with van der Waals surface area (Å²) in [5.74, 6) is -0.0581. The Labute approximate surface area is 119 Å². The van der Waals surface area contributed by atoms with Gasteiger partial charge in [0.05, 0.1) is 6.61 Å². The summed E-state index contributed by atoms with van der Waals surface area (Å²) in [6.45, 7) is 2.15. The van der Waals surface area contributed by atoms with Crippen LogP contribution in [0.3, 0.4) is 0 Å². The number of hydrogen-bond acceptors (Lipinski definition) is 3. The number of carbonyl (C=O) groups is 2. The van der Waals surface area contributed by atoms with Gasteiger partial charge in [-0.15, -0.1) is 0 Å². The third kappa shape index (κ3) is 3.56. The maximum absolute atomic E-state index is 12.1. The van der Waals surface area contributed by atoms with Gasteiger partial charge in [0.2, 0.25) is 0 Å². The predicted molar refractivity (Wildman–Crippen MR) is 78.3 cm³/mol. The van der Waals surface area contributed by atoms with Crippen LogP contribution in [0.15, 0.2) is 30.3 Å². The number of ether oxygens (including phenoxy) is 1. The lowest BCUT2D eigenvalue weighted by atomic mass is 9.81. The molecule has 0 aliphatic heterocycles. The number of hydrogen-bond donors (Lipinski definition) is 0. The molecule has 0 N–H and O–H groups in total. The fourth-order valence-electron chi connectivity index (χ4n) is 2.64. The molecule has 2 rings (SSSR count). The average Bonchev–Trinajstić information content (AvgIpc) is 2.46. The van der Waals surface area contributed by atoms with E-state index in [9.17, 15) is 9.59 Å². The quantitative estimate of drug-likeness (QED) is 0.622. The summed E-state index contributed by atoms with van der Waals surface area (Å²) in [6, 6.07) is 7.78. The highest BCUT2D eigenvalue weighted by atomic mass is 16.5. The van der Waals surface area contributed by atoms with Gasteiger partial charge in [0.1, 0.15) is 5.78 Å². The summed E-state index contributed by atoms with van der Waals surface area (Å²) < 4.78 is 4.88. The molecule has 1 aliphatic carbocycles. The fraction of sp³-hybridized carbons (Fsp3) is 0.412. The summed E-state index contributed by atoms with van der Waals surface area (Å²) in [5.41, 5.74) is 1.96. The van der Waals surface area contributed by atoms with E-state index in [0.717, 1.165) is 30.4 Å². The molecule has 1 saturated carbocycles. The molecule has 1 aliphatic rings. The highest BCUT2D eigenvalue weighted by molar-refractivity contribution is 5.90. The van der Waals surface area contributed by atoms with Crippen molar-refractivity contribution in [3.05, 3.63) is 41.5 Å². The second-order valence-electron chi connectivity index (χ2n) is 4.98. The zero-order valence-electron chi connectivity index (χ0n) is 11.8. The largest absolute Gasteiger partial charge is 0.463 e. The SMILES string of the molecule is CCOC(=O)/C=C/c1ccccc1C1CCCCC1=O. The Hall–Kier alpha value is -1.90. The van der Waals surface area contributed by atoms with Crippen LogP contribution in [0, 0.1) is 0 Å². The molecule has 0 radical (unpaired) electrons. The third-order valence-corrected chi connectivity index (χ3v) is 3.61. The molecule has 1 fully saturated rings. The molecule has 0 spiro atoms. The summed E-state index contributed by atoms with van der Waals surface area (Å²) in [7, 11) is 0. The molecular formula is C17H20O3. The van der Waals surface area contributed by atoms with Crippen LogP contribution < -0.4 is 0 Å². The number of benzene rings is 1. The van der Waals surface area contributed by atoms with Crippen molar-refractivity contribution in [1.29, 1.82) is 0 Å². The Morgan fingerprint density at radius 3 is 2.90 bits per heavy atom. The van der Waals surface area contributed by atoms with Gasteiger partial charge in [-0.1, -0.05) is 30.7 Å². The predicted octanol–water partition coefficient (Wildman–Crippen LogP) is 3.49. The standard InChI is InChI=1S/C17H20O3/c1-2-20-17(19)12-11-13-7-3-4-8-14(13)15-9-5-6-10-16(15)18/h3-4,7-8,11-12,15H,2,5-6,9-10H2,1H3/b12-11+. The average molecular weight is 272 g/mol. The number of Topliss-reactive ketones (excluding diaryl/α,β-unsaturated/α-hetero) is 1. The van der Waals surface area contributed by atoms with Crippen molar-refractivity contribution < 1.29 is 14.3 Å². The van der Waals surface area contributed by atoms with E-state index in [1.54, 1.807) is 13.0 Å². The zero-order valence-corrected chi connectivity index (χ0v) is 11.8. The van der Waals surface area contributed by atoms with Crippen LogP contribution in [0.5, 0.6) is 0 Å². The molecule has 0 aromatic heterocycles. The van der Waals surface area contributed by atoms with Crippen LogP contribution in [-0.4, -0.2) is 18.4 Å². The van der Waals surface area contributed by atoms with Gasteiger partial charge in [0, 0.05) is 18.4 Å². The van der Waals surface area contributed by atoms with E-state index >= 15 is 0 Å². The van der Waals surface area contributed by atoms with Gasteiger partial charge in [-0.05, 0) is 37.0 Å². The Morgan fingerprint density at radius 1 is 1.35 bits per heavy atom. The molecule has 106 valence electrons. The van der Waals surface area contributed by atoms with Gasteiger partial charge < -0.3 is 4.74 Å². The first-order valence-electron chi connectivity index (χ1n) is 7.19. The molecule has 3 nitrogen and oxygen atoms in total. The molecule has 1 atom stereocenters. The lowest BCUT2D eigenvalue weighted by Gasteiger charge is -2.22. The maximum atomic E-state index is 12.1. The van der Waals surface area contributed by atoms with Crippen LogP contribution in [0.1, 0.15) is 49.7 Å². The Morgan fingerprint density at radius 2 is 2.15 bits per heavy atom. The second-order valence-corrected chi connectivity index (χ2v) is 4.98. The first-order valence-corrected chi connectivity index (χ1v) is 7.19. The highest BCUT2D eigenvalue weighted by Crippen LogP contribution is 2.32. The smallest absolute Gasteiger partial charge is 0.330 e. The van der Waals surface area contributed by atoms with Gasteiger partial charge in [-0.2, -0.15) is 0 Å². The summed E-state index contributed by atoms with van der Waals surface area (Å²) in [5, 5.41) is 0. The van der Waals surface area contributed by atoms with E-state index in [0.29, 0.717) is 18.8 Å². The molecule has 0 heterocycles. The van der Waals surface area contributed by atoms with E-state index < -0.39 is 0 Å². The van der Waals surface area contributed by atoms with Gasteiger partial charge in [-0.25, -0.2) is 4.79 Å². The third-order valence-electron chi connectivity index (χ3n) is 3.61.